The second-order valence-electron chi connectivity index (χ2n) is 7.10. The number of ether oxygens (including phenoxy) is 1. The maximum Gasteiger partial charge on any atom is 0.314 e. The number of hydrogen-bond donors (Lipinski definition) is 0. The summed E-state index contributed by atoms with van der Waals surface area (Å²) in [6.07, 6.45) is -2.77. The number of benzene rings is 2. The van der Waals surface area contributed by atoms with Gasteiger partial charge in [-0.1, -0.05) is 30.3 Å². The van der Waals surface area contributed by atoms with Gasteiger partial charge in [-0.3, -0.25) is 4.90 Å². The molecule has 1 aliphatic rings. The van der Waals surface area contributed by atoms with Crippen molar-refractivity contribution in [3.63, 3.8) is 0 Å². The quantitative estimate of drug-likeness (QED) is 0.443. The largest absolute Gasteiger partial charge is 0.415 e. The minimum Gasteiger partial charge on any atom is -0.415 e. The molecule has 1 saturated heterocycles. The van der Waals surface area contributed by atoms with Gasteiger partial charge < -0.3 is 13.5 Å². The van der Waals surface area contributed by atoms with Crippen LogP contribution in [-0.4, -0.2) is 53.7 Å². The second-order valence-corrected chi connectivity index (χ2v) is 8.21. The molecule has 0 spiro atoms. The summed E-state index contributed by atoms with van der Waals surface area (Å²) in [5.41, 5.74) is 2.85. The van der Waals surface area contributed by atoms with Gasteiger partial charge in [0, 0.05) is 36.6 Å². The van der Waals surface area contributed by atoms with Gasteiger partial charge in [0.1, 0.15) is 0 Å². The average Bonchev–Trinajstić information content (AvgIpc) is 3.31. The molecule has 0 radical (unpaired) electrons. The van der Waals surface area contributed by atoms with Gasteiger partial charge in [0.2, 0.25) is 5.89 Å². The third kappa shape index (κ3) is 6.03. The molecule has 2 aromatic carbocycles. The lowest BCUT2D eigenvalue weighted by molar-refractivity contribution is 0.0410. The Morgan fingerprint density at radius 2 is 1.74 bits per heavy atom. The first-order valence-corrected chi connectivity index (χ1v) is 11.1. The van der Waals surface area contributed by atoms with Gasteiger partial charge in [0.25, 0.3) is 5.89 Å². The van der Waals surface area contributed by atoms with Gasteiger partial charge in [0.15, 0.2) is 0 Å². The van der Waals surface area contributed by atoms with E-state index in [2.05, 4.69) is 31.5 Å². The standard InChI is InChI=1S/C22H24F2N4O2S/c23-20(24)22-26-25-21(30-22)18-8-6-17(7-9-18)16-28(19-4-2-1-3-5-19)31-15-12-27-10-13-29-14-11-27/h1-9,20H,10-16H2. The number of hydrogen-bond acceptors (Lipinski definition) is 7. The van der Waals surface area contributed by atoms with Crippen LogP contribution in [0.3, 0.4) is 0 Å². The lowest BCUT2D eigenvalue weighted by Gasteiger charge is -2.28. The molecule has 31 heavy (non-hydrogen) atoms. The molecule has 0 saturated carbocycles. The summed E-state index contributed by atoms with van der Waals surface area (Å²) in [7, 11) is 0. The normalized spacial score (nSPS) is 14.8. The molecular weight excluding hydrogens is 422 g/mol. The van der Waals surface area contributed by atoms with E-state index in [4.69, 9.17) is 9.15 Å². The monoisotopic (exact) mass is 446 g/mol. The maximum atomic E-state index is 12.7. The number of alkyl halides is 2. The van der Waals surface area contributed by atoms with Crippen LogP contribution in [-0.2, 0) is 11.3 Å². The lowest BCUT2D eigenvalue weighted by Crippen LogP contribution is -2.38. The van der Waals surface area contributed by atoms with Crippen molar-refractivity contribution in [3.8, 4) is 11.5 Å². The zero-order chi connectivity index (χ0) is 21.5. The SMILES string of the molecule is FC(F)c1nnc(-c2ccc(CN(SCCN3CCOCC3)c3ccccc3)cc2)o1. The molecule has 164 valence electrons. The van der Waals surface area contributed by atoms with Gasteiger partial charge in [-0.25, -0.2) is 0 Å². The summed E-state index contributed by atoms with van der Waals surface area (Å²) >= 11 is 1.80. The highest BCUT2D eigenvalue weighted by atomic mass is 32.2. The Bertz CT molecular complexity index is 934. The molecule has 1 fully saturated rings. The summed E-state index contributed by atoms with van der Waals surface area (Å²) in [5.74, 6) is 0.415. The second kappa shape index (κ2) is 10.7. The van der Waals surface area contributed by atoms with E-state index in [1.807, 2.05) is 42.5 Å². The molecule has 0 bridgehead atoms. The average molecular weight is 447 g/mol. The van der Waals surface area contributed by atoms with Gasteiger partial charge in [-0.05, 0) is 41.8 Å². The molecule has 0 atom stereocenters. The van der Waals surface area contributed by atoms with Crippen molar-refractivity contribution in [2.45, 2.75) is 13.0 Å². The van der Waals surface area contributed by atoms with Gasteiger partial charge in [-0.2, -0.15) is 8.78 Å². The maximum absolute atomic E-state index is 12.7. The Morgan fingerprint density at radius 1 is 1.00 bits per heavy atom. The fourth-order valence-electron chi connectivity index (χ4n) is 3.27. The van der Waals surface area contributed by atoms with E-state index in [0.717, 1.165) is 49.9 Å². The Hall–Kier alpha value is -2.49. The van der Waals surface area contributed by atoms with Crippen molar-refractivity contribution in [2.24, 2.45) is 0 Å². The van der Waals surface area contributed by atoms with Crippen LogP contribution in [0.4, 0.5) is 14.5 Å². The van der Waals surface area contributed by atoms with E-state index in [0.29, 0.717) is 12.1 Å². The zero-order valence-electron chi connectivity index (χ0n) is 17.0. The third-order valence-corrected chi connectivity index (χ3v) is 5.97. The predicted molar refractivity (Wildman–Crippen MR) is 117 cm³/mol. The van der Waals surface area contributed by atoms with Crippen molar-refractivity contribution in [1.82, 2.24) is 15.1 Å². The van der Waals surface area contributed by atoms with E-state index < -0.39 is 12.3 Å². The highest BCUT2D eigenvalue weighted by Crippen LogP contribution is 2.27. The van der Waals surface area contributed by atoms with Gasteiger partial charge in [-0.15, -0.1) is 10.2 Å². The van der Waals surface area contributed by atoms with Crippen molar-refractivity contribution in [1.29, 1.82) is 0 Å². The van der Waals surface area contributed by atoms with Crippen molar-refractivity contribution in [3.05, 3.63) is 66.1 Å². The summed E-state index contributed by atoms with van der Waals surface area (Å²) < 4.78 is 38.1. The summed E-state index contributed by atoms with van der Waals surface area (Å²) in [5, 5.41) is 7.09. The molecule has 4 rings (SSSR count). The molecule has 0 amide bonds. The molecule has 6 nitrogen and oxygen atoms in total. The Balaban J connectivity index is 1.40. The van der Waals surface area contributed by atoms with Crippen LogP contribution in [0.25, 0.3) is 11.5 Å². The molecule has 0 unspecified atom stereocenters. The van der Waals surface area contributed by atoms with Crippen LogP contribution in [0.5, 0.6) is 0 Å². The minimum atomic E-state index is -2.77. The number of rotatable bonds is 9. The fraction of sp³-hybridized carbons (Fsp3) is 0.364. The topological polar surface area (TPSA) is 54.6 Å². The number of morpholine rings is 1. The van der Waals surface area contributed by atoms with E-state index in [-0.39, 0.29) is 5.89 Å². The Kier molecular flexibility index (Phi) is 7.50. The molecule has 1 aliphatic heterocycles. The number of halogens is 2. The fourth-order valence-corrected chi connectivity index (χ4v) is 4.34. The lowest BCUT2D eigenvalue weighted by atomic mass is 10.1. The first-order chi connectivity index (χ1) is 15.2. The van der Waals surface area contributed by atoms with Crippen molar-refractivity contribution >= 4 is 17.6 Å². The minimum absolute atomic E-state index is 0.0988. The summed E-state index contributed by atoms with van der Waals surface area (Å²) in [4.78, 5) is 2.42. The van der Waals surface area contributed by atoms with E-state index in [1.54, 1.807) is 11.9 Å². The highest BCUT2D eigenvalue weighted by molar-refractivity contribution is 8.00. The third-order valence-electron chi connectivity index (χ3n) is 4.96. The molecule has 1 aromatic heterocycles. The summed E-state index contributed by atoms with van der Waals surface area (Å²) in [6, 6.07) is 17.8. The first-order valence-electron chi connectivity index (χ1n) is 10.2. The number of anilines is 1. The summed E-state index contributed by atoms with van der Waals surface area (Å²) in [6.45, 7) is 5.30. The van der Waals surface area contributed by atoms with Gasteiger partial charge in [0.05, 0.1) is 19.8 Å². The number of aromatic nitrogens is 2. The van der Waals surface area contributed by atoms with E-state index in [1.165, 1.54) is 0 Å². The van der Waals surface area contributed by atoms with Crippen LogP contribution in [0.15, 0.2) is 59.0 Å². The van der Waals surface area contributed by atoms with Crippen LogP contribution < -0.4 is 4.31 Å². The Labute approximate surface area is 184 Å². The van der Waals surface area contributed by atoms with Crippen molar-refractivity contribution < 1.29 is 17.9 Å². The molecular formula is C22H24F2N4O2S. The zero-order valence-corrected chi connectivity index (χ0v) is 17.8. The van der Waals surface area contributed by atoms with Crippen LogP contribution >= 0.6 is 11.9 Å². The molecule has 0 aliphatic carbocycles. The van der Waals surface area contributed by atoms with Crippen LogP contribution in [0.2, 0.25) is 0 Å². The predicted octanol–water partition coefficient (Wildman–Crippen LogP) is 4.66. The molecule has 0 N–H and O–H groups in total. The smallest absolute Gasteiger partial charge is 0.314 e. The number of para-hydroxylation sites is 1. The van der Waals surface area contributed by atoms with Crippen molar-refractivity contribution in [2.75, 3.05) is 42.9 Å². The molecule has 2 heterocycles. The first kappa shape index (κ1) is 21.7. The highest BCUT2D eigenvalue weighted by Gasteiger charge is 2.17. The van der Waals surface area contributed by atoms with Gasteiger partial charge >= 0.3 is 6.43 Å². The molecule has 9 heteroatoms. The van der Waals surface area contributed by atoms with E-state index in [9.17, 15) is 8.78 Å². The van der Waals surface area contributed by atoms with Crippen LogP contribution in [0, 0.1) is 0 Å². The molecule has 3 aromatic rings. The van der Waals surface area contributed by atoms with E-state index >= 15 is 0 Å². The van der Waals surface area contributed by atoms with Crippen LogP contribution in [0.1, 0.15) is 17.9 Å². The Morgan fingerprint density at radius 3 is 2.42 bits per heavy atom. The number of nitrogens with zero attached hydrogens (tertiary/aromatic N) is 4.